The van der Waals surface area contributed by atoms with Gasteiger partial charge >= 0.3 is 5.97 Å². The lowest BCUT2D eigenvalue weighted by Gasteiger charge is -1.77. The van der Waals surface area contributed by atoms with Crippen LogP contribution in [0.4, 0.5) is 0 Å². The lowest BCUT2D eigenvalue weighted by atomic mass is 10.6. The molecule has 0 aromatic rings. The van der Waals surface area contributed by atoms with Gasteiger partial charge in [-0.2, -0.15) is 0 Å². The summed E-state index contributed by atoms with van der Waals surface area (Å²) < 4.78 is 3.81. The second kappa shape index (κ2) is 10.5. The zero-order valence-corrected chi connectivity index (χ0v) is 6.81. The fourth-order valence-corrected chi connectivity index (χ4v) is 0. The third kappa shape index (κ3) is 35.7. The molecule has 0 fully saturated rings. The lowest BCUT2D eigenvalue weighted by molar-refractivity contribution is -0.130. The van der Waals surface area contributed by atoms with Crippen molar-refractivity contribution in [1.29, 1.82) is 0 Å². The number of carbonyl (C=O) groups is 1. The first-order chi connectivity index (χ1) is 4.18. The van der Waals surface area contributed by atoms with Crippen molar-refractivity contribution in [2.45, 2.75) is 20.8 Å². The van der Waals surface area contributed by atoms with Crippen LogP contribution in [0.3, 0.4) is 0 Å². The van der Waals surface area contributed by atoms with Crippen LogP contribution < -0.4 is 0 Å². The van der Waals surface area contributed by atoms with E-state index in [-0.39, 0.29) is 5.97 Å². The molecule has 0 aliphatic heterocycles. The molecule has 54 valence electrons. The lowest BCUT2D eigenvalue weighted by Crippen LogP contribution is -1.82. The highest BCUT2D eigenvalue weighted by atomic mass is 32.1. The van der Waals surface area contributed by atoms with Crippen LogP contribution in [0.15, 0.2) is 12.2 Å². The van der Waals surface area contributed by atoms with Crippen LogP contribution in [0, 0.1) is 0 Å². The molecule has 0 heterocycles. The number of hydrogen-bond acceptors (Lipinski definition) is 3. The Labute approximate surface area is 61.5 Å². The molecule has 0 saturated heterocycles. The molecule has 0 atom stereocenters. The van der Waals surface area contributed by atoms with E-state index in [4.69, 9.17) is 0 Å². The van der Waals surface area contributed by atoms with Gasteiger partial charge in [-0.15, -0.1) is 0 Å². The molecule has 9 heavy (non-hydrogen) atoms. The number of allylic oxidation sites excluding steroid dienone is 2. The molecule has 0 amide bonds. The molecule has 0 N–H and O–H groups in total. The molecule has 0 aromatic carbocycles. The second-order valence-electron chi connectivity index (χ2n) is 1.25. The maximum absolute atomic E-state index is 9.51. The molecule has 0 bridgehead atoms. The van der Waals surface area contributed by atoms with Gasteiger partial charge in [0.25, 0.3) is 0 Å². The van der Waals surface area contributed by atoms with E-state index in [0.717, 1.165) is 0 Å². The number of carbonyl (C=O) groups excluding carboxylic acids is 1. The van der Waals surface area contributed by atoms with Crippen molar-refractivity contribution in [2.24, 2.45) is 0 Å². The average Bonchev–Trinajstić information content (AvgIpc) is 1.89. The molecular formula is C6H12O2S. The Balaban J connectivity index is 0. The molecule has 0 aliphatic rings. The van der Waals surface area contributed by atoms with Crippen LogP contribution in [0.25, 0.3) is 0 Å². The molecule has 0 radical (unpaired) electrons. The quantitative estimate of drug-likeness (QED) is 0.323. The summed E-state index contributed by atoms with van der Waals surface area (Å²) >= 11 is 3.17. The molecule has 3 heteroatoms. The van der Waals surface area contributed by atoms with Crippen LogP contribution in [0.2, 0.25) is 0 Å². The SMILES string of the molecule is CC(=O)OS.CC=CC. The van der Waals surface area contributed by atoms with Gasteiger partial charge in [0.2, 0.25) is 0 Å². The van der Waals surface area contributed by atoms with Crippen molar-refractivity contribution in [3.63, 3.8) is 0 Å². The second-order valence-corrected chi connectivity index (χ2v) is 1.43. The van der Waals surface area contributed by atoms with Crippen LogP contribution >= 0.6 is 12.9 Å². The van der Waals surface area contributed by atoms with Crippen molar-refractivity contribution < 1.29 is 8.98 Å². The number of hydrogen-bond donors (Lipinski definition) is 1. The number of rotatable bonds is 0. The van der Waals surface area contributed by atoms with E-state index in [0.29, 0.717) is 0 Å². The van der Waals surface area contributed by atoms with Gasteiger partial charge in [0, 0.05) is 19.8 Å². The number of thiol groups is 1. The van der Waals surface area contributed by atoms with Gasteiger partial charge < -0.3 is 4.18 Å². The Hall–Kier alpha value is -0.440. The fourth-order valence-electron chi connectivity index (χ4n) is 0. The average molecular weight is 148 g/mol. The molecule has 0 unspecified atom stereocenters. The molecule has 0 aromatic heterocycles. The minimum Gasteiger partial charge on any atom is -0.395 e. The van der Waals surface area contributed by atoms with Gasteiger partial charge in [0.15, 0.2) is 0 Å². The third-order valence-corrected chi connectivity index (χ3v) is 0.719. The molecular weight excluding hydrogens is 136 g/mol. The van der Waals surface area contributed by atoms with Gasteiger partial charge in [-0.25, -0.2) is 0 Å². The zero-order chi connectivity index (χ0) is 7.70. The molecule has 0 spiro atoms. The molecule has 2 nitrogen and oxygen atoms in total. The first kappa shape index (κ1) is 11.4. The zero-order valence-electron chi connectivity index (χ0n) is 5.92. The van der Waals surface area contributed by atoms with E-state index < -0.39 is 0 Å². The highest BCUT2D eigenvalue weighted by molar-refractivity contribution is 7.75. The summed E-state index contributed by atoms with van der Waals surface area (Å²) in [5.74, 6) is -0.381. The van der Waals surface area contributed by atoms with E-state index in [1.165, 1.54) is 6.92 Å². The highest BCUT2D eigenvalue weighted by Crippen LogP contribution is 1.74. The predicted molar refractivity (Wildman–Crippen MR) is 41.2 cm³/mol. The Bertz CT molecular complexity index is 85.1. The highest BCUT2D eigenvalue weighted by Gasteiger charge is 1.77. The summed E-state index contributed by atoms with van der Waals surface area (Å²) in [5.41, 5.74) is 0. The van der Waals surface area contributed by atoms with E-state index in [2.05, 4.69) is 17.1 Å². The molecule has 0 rings (SSSR count). The minimum atomic E-state index is -0.381. The predicted octanol–water partition coefficient (Wildman–Crippen LogP) is 1.98. The Morgan fingerprint density at radius 1 is 1.44 bits per heavy atom. The monoisotopic (exact) mass is 148 g/mol. The largest absolute Gasteiger partial charge is 0.395 e. The Kier molecular flexibility index (Phi) is 13.3. The van der Waals surface area contributed by atoms with Crippen LogP contribution in [0.1, 0.15) is 20.8 Å². The smallest absolute Gasteiger partial charge is 0.314 e. The van der Waals surface area contributed by atoms with Crippen molar-refractivity contribution in [3.8, 4) is 0 Å². The summed E-state index contributed by atoms with van der Waals surface area (Å²) in [6, 6.07) is 0. The summed E-state index contributed by atoms with van der Waals surface area (Å²) in [6.45, 7) is 5.28. The summed E-state index contributed by atoms with van der Waals surface area (Å²) in [5, 5.41) is 0. The van der Waals surface area contributed by atoms with Gasteiger partial charge in [-0.1, -0.05) is 12.2 Å². The maximum atomic E-state index is 9.51. The topological polar surface area (TPSA) is 26.3 Å². The summed E-state index contributed by atoms with van der Waals surface area (Å²) in [6.07, 6.45) is 4.00. The van der Waals surface area contributed by atoms with Gasteiger partial charge in [-0.05, 0) is 13.8 Å². The van der Waals surface area contributed by atoms with Crippen LogP contribution in [-0.4, -0.2) is 5.97 Å². The van der Waals surface area contributed by atoms with Crippen molar-refractivity contribution >= 4 is 18.9 Å². The Morgan fingerprint density at radius 3 is 1.67 bits per heavy atom. The van der Waals surface area contributed by atoms with Gasteiger partial charge in [0.1, 0.15) is 0 Å². The van der Waals surface area contributed by atoms with E-state index >= 15 is 0 Å². The Morgan fingerprint density at radius 2 is 1.67 bits per heavy atom. The van der Waals surface area contributed by atoms with E-state index in [1.54, 1.807) is 0 Å². The van der Waals surface area contributed by atoms with Crippen molar-refractivity contribution in [1.82, 2.24) is 0 Å². The van der Waals surface area contributed by atoms with Gasteiger partial charge in [-0.3, -0.25) is 4.79 Å². The first-order valence-corrected chi connectivity index (χ1v) is 2.94. The van der Waals surface area contributed by atoms with E-state index in [9.17, 15) is 4.79 Å². The molecule has 0 saturated carbocycles. The van der Waals surface area contributed by atoms with Crippen molar-refractivity contribution in [2.75, 3.05) is 0 Å². The van der Waals surface area contributed by atoms with Crippen LogP contribution in [-0.2, 0) is 8.98 Å². The maximum Gasteiger partial charge on any atom is 0.314 e. The van der Waals surface area contributed by atoms with E-state index in [1.807, 2.05) is 26.0 Å². The van der Waals surface area contributed by atoms with Gasteiger partial charge in [0.05, 0.1) is 0 Å². The fraction of sp³-hybridized carbons (Fsp3) is 0.500. The van der Waals surface area contributed by atoms with Crippen LogP contribution in [0.5, 0.6) is 0 Å². The summed E-state index contributed by atoms with van der Waals surface area (Å²) in [7, 11) is 0. The third-order valence-electron chi connectivity index (χ3n) is 0.462. The normalized spacial score (nSPS) is 8.00. The minimum absolute atomic E-state index is 0.381. The standard InChI is InChI=1S/C4H8.C2H4O2S/c1-3-4-2;1-2(3)4-5/h3-4H,1-2H3;5H,1H3. The first-order valence-electron chi connectivity index (χ1n) is 2.58. The van der Waals surface area contributed by atoms with Crippen molar-refractivity contribution in [3.05, 3.63) is 12.2 Å². The molecule has 0 aliphatic carbocycles. The summed E-state index contributed by atoms with van der Waals surface area (Å²) in [4.78, 5) is 9.51.